The van der Waals surface area contributed by atoms with Crippen LogP contribution in [0.25, 0.3) is 0 Å². The quantitative estimate of drug-likeness (QED) is 0.423. The molecule has 0 N–H and O–H groups in total. The first-order chi connectivity index (χ1) is 4.93. The first-order valence-corrected chi connectivity index (χ1v) is 4.49. The third kappa shape index (κ3) is 5.29. The molecule has 0 saturated heterocycles. The van der Waals surface area contributed by atoms with Gasteiger partial charge in [-0.1, -0.05) is 0 Å². The van der Waals surface area contributed by atoms with Gasteiger partial charge in [0, 0.05) is 0 Å². The van der Waals surface area contributed by atoms with Crippen molar-refractivity contribution in [2.24, 2.45) is 0 Å². The topological polar surface area (TPSA) is 0 Å². The Morgan fingerprint density at radius 2 is 1.58 bits per heavy atom. The maximum atomic E-state index is 2.75. The van der Waals surface area contributed by atoms with E-state index in [1.165, 1.54) is 23.7 Å². The van der Waals surface area contributed by atoms with Crippen LogP contribution in [0.1, 0.15) is 12.0 Å². The van der Waals surface area contributed by atoms with E-state index in [4.69, 9.17) is 0 Å². The second-order valence-electron chi connectivity index (χ2n) is 2.38. The second-order valence-corrected chi connectivity index (χ2v) is 2.96. The van der Waals surface area contributed by atoms with Crippen LogP contribution in [0.4, 0.5) is 0 Å². The number of halogens is 2. The van der Waals surface area contributed by atoms with Gasteiger partial charge in [0.05, 0.1) is 0 Å². The Balaban J connectivity index is 0. The van der Waals surface area contributed by atoms with Crippen molar-refractivity contribution in [3.63, 3.8) is 0 Å². The summed E-state index contributed by atoms with van der Waals surface area (Å²) in [6.45, 7) is 0. The van der Waals surface area contributed by atoms with Crippen molar-refractivity contribution >= 4 is 16.3 Å². The molecular weight excluding hydrogens is 173 g/mol. The molecule has 1 aromatic carbocycles. The van der Waals surface area contributed by atoms with Crippen LogP contribution in [0.3, 0.4) is 0 Å². The van der Waals surface area contributed by atoms with E-state index in [1.54, 1.807) is 0 Å². The molecule has 0 aliphatic heterocycles. The Kier molecular flexibility index (Phi) is 10.3. The zero-order valence-electron chi connectivity index (χ0n) is 6.84. The molecule has 0 unspecified atom stereocenters. The van der Waals surface area contributed by atoms with Crippen molar-refractivity contribution in [1.29, 1.82) is 0 Å². The molecule has 3 heteroatoms. The molecule has 0 atom stereocenters. The van der Waals surface area contributed by atoms with Gasteiger partial charge in [0.1, 0.15) is 0 Å². The van der Waals surface area contributed by atoms with Crippen molar-refractivity contribution < 1.29 is 9.41 Å². The summed E-state index contributed by atoms with van der Waals surface area (Å²) in [5, 5.41) is 1.20. The third-order valence-electron chi connectivity index (χ3n) is 1.51. The number of hydrogen-bond donors (Lipinski definition) is 0. The van der Waals surface area contributed by atoms with Gasteiger partial charge in [-0.2, -0.15) is 0 Å². The van der Waals surface area contributed by atoms with Gasteiger partial charge in [-0.05, 0) is 0 Å². The Morgan fingerprint density at radius 3 is 2.08 bits per heavy atom. The Hall–Kier alpha value is -0.388. The Bertz CT molecular complexity index is 177. The number of aryl methyl sites for hydroxylation is 1. The minimum absolute atomic E-state index is 0. The van der Waals surface area contributed by atoms with E-state index < -0.39 is 0 Å². The summed E-state index contributed by atoms with van der Waals surface area (Å²) in [6.07, 6.45) is 2.49. The number of benzene rings is 1. The van der Waals surface area contributed by atoms with Gasteiger partial charge in [-0.3, -0.25) is 0 Å². The molecule has 0 fully saturated rings. The second kappa shape index (κ2) is 8.71. The largest absolute Gasteiger partial charge is 1.00 e. The van der Waals surface area contributed by atoms with Gasteiger partial charge in [0.2, 0.25) is 0 Å². The molecule has 0 aliphatic rings. The molecular formula is C9H11AlF2. The standard InChI is InChI=1S/C9H11.Al.2FH/c1-2-6-9-7-4-3-5-8-9;;;/h3-5,7-8H,1-2,6H2;;2*1H/q;+2;;/p-2. The van der Waals surface area contributed by atoms with Crippen LogP contribution in [-0.4, -0.2) is 16.3 Å². The first-order valence-electron chi connectivity index (χ1n) is 3.67. The summed E-state index contributed by atoms with van der Waals surface area (Å²) in [7, 11) is 0. The zero-order valence-corrected chi connectivity index (χ0v) is 8.00. The SMILES string of the molecule is [Al+2][CH2]CCc1ccccc1.[F-].[F-]. The predicted molar refractivity (Wildman–Crippen MR) is 45.3 cm³/mol. The van der Waals surface area contributed by atoms with Crippen LogP contribution in [0.5, 0.6) is 0 Å². The van der Waals surface area contributed by atoms with Crippen molar-refractivity contribution in [2.75, 3.05) is 0 Å². The average Bonchev–Trinajstić information content (AvgIpc) is 2.03. The fourth-order valence-corrected chi connectivity index (χ4v) is 1.15. The maximum absolute atomic E-state index is 2.75. The van der Waals surface area contributed by atoms with E-state index in [2.05, 4.69) is 46.6 Å². The van der Waals surface area contributed by atoms with Crippen LogP contribution in [-0.2, 0) is 6.42 Å². The van der Waals surface area contributed by atoms with Gasteiger partial charge < -0.3 is 9.41 Å². The molecule has 0 amide bonds. The molecule has 0 spiro atoms. The summed E-state index contributed by atoms with van der Waals surface area (Å²) < 4.78 is 0. The van der Waals surface area contributed by atoms with Gasteiger partial charge in [-0.25, -0.2) is 0 Å². The van der Waals surface area contributed by atoms with Gasteiger partial charge in [0.15, 0.2) is 0 Å². The predicted octanol–water partition coefficient (Wildman–Crippen LogP) is -3.79. The Labute approximate surface area is 80.1 Å². The zero-order chi connectivity index (χ0) is 7.23. The first kappa shape index (κ1) is 14.2. The normalized spacial score (nSPS) is 8.17. The van der Waals surface area contributed by atoms with Crippen LogP contribution < -0.4 is 9.41 Å². The fraction of sp³-hybridized carbons (Fsp3) is 0.333. The van der Waals surface area contributed by atoms with Gasteiger partial charge >= 0.3 is 70.3 Å². The monoisotopic (exact) mass is 184 g/mol. The van der Waals surface area contributed by atoms with E-state index in [0.717, 1.165) is 0 Å². The van der Waals surface area contributed by atoms with Crippen LogP contribution in [0.15, 0.2) is 30.3 Å². The maximum Gasteiger partial charge on any atom is -1.00 e. The fourth-order valence-electron chi connectivity index (χ4n) is 0.951. The van der Waals surface area contributed by atoms with Crippen molar-refractivity contribution in [2.45, 2.75) is 18.1 Å². The molecule has 0 aliphatic carbocycles. The smallest absolute Gasteiger partial charge is 1.00 e. The van der Waals surface area contributed by atoms with Crippen molar-refractivity contribution in [3.05, 3.63) is 35.9 Å². The van der Waals surface area contributed by atoms with E-state index in [0.29, 0.717) is 0 Å². The minimum Gasteiger partial charge on any atom is -1.00 e. The molecule has 0 nitrogen and oxygen atoms in total. The van der Waals surface area contributed by atoms with Crippen LogP contribution >= 0.6 is 0 Å². The summed E-state index contributed by atoms with van der Waals surface area (Å²) in [4.78, 5) is 0. The van der Waals surface area contributed by atoms with Crippen molar-refractivity contribution in [3.8, 4) is 0 Å². The number of rotatable bonds is 3. The van der Waals surface area contributed by atoms with E-state index in [9.17, 15) is 0 Å². The van der Waals surface area contributed by atoms with E-state index >= 15 is 0 Å². The molecule has 0 heterocycles. The summed E-state index contributed by atoms with van der Waals surface area (Å²) >= 11 is 2.75. The Morgan fingerprint density at radius 1 is 1.00 bits per heavy atom. The third-order valence-corrected chi connectivity index (χ3v) is 1.92. The van der Waals surface area contributed by atoms with Gasteiger partial charge in [-0.15, -0.1) is 0 Å². The molecule has 64 valence electrons. The molecule has 0 bridgehead atoms. The molecule has 12 heavy (non-hydrogen) atoms. The molecule has 1 rings (SSSR count). The summed E-state index contributed by atoms with van der Waals surface area (Å²) in [5.41, 5.74) is 1.45. The van der Waals surface area contributed by atoms with E-state index in [-0.39, 0.29) is 9.41 Å². The van der Waals surface area contributed by atoms with E-state index in [1.807, 2.05) is 0 Å². The molecule has 1 aromatic rings. The summed E-state index contributed by atoms with van der Waals surface area (Å²) in [5.74, 6) is 0. The minimum atomic E-state index is 0. The molecule has 0 radical (unpaired) electrons. The van der Waals surface area contributed by atoms with Crippen LogP contribution in [0.2, 0.25) is 5.28 Å². The molecule has 0 aromatic heterocycles. The average molecular weight is 184 g/mol. The summed E-state index contributed by atoms with van der Waals surface area (Å²) in [6, 6.07) is 10.6. The van der Waals surface area contributed by atoms with Crippen molar-refractivity contribution in [1.82, 2.24) is 0 Å². The molecule has 0 saturated carbocycles. The van der Waals surface area contributed by atoms with Gasteiger partial charge in [0.25, 0.3) is 0 Å². The number of hydrogen-bond acceptors (Lipinski definition) is 0. The van der Waals surface area contributed by atoms with Crippen LogP contribution in [0, 0.1) is 0 Å².